The molecule has 0 unspecified atom stereocenters. The molecular weight excluding hydrogens is 288 g/mol. The fourth-order valence-corrected chi connectivity index (χ4v) is 4.73. The molecule has 124 valence electrons. The summed E-state index contributed by atoms with van der Waals surface area (Å²) in [5.41, 5.74) is 4.35. The van der Waals surface area contributed by atoms with E-state index in [0.29, 0.717) is 12.5 Å². The topological polar surface area (TPSA) is 52.6 Å². The first-order valence-corrected chi connectivity index (χ1v) is 8.98. The van der Waals surface area contributed by atoms with Crippen molar-refractivity contribution in [3.8, 4) is 0 Å². The van der Waals surface area contributed by atoms with Crippen LogP contribution in [0.3, 0.4) is 0 Å². The molecule has 0 radical (unpaired) electrons. The van der Waals surface area contributed by atoms with Crippen LogP contribution in [0.4, 0.5) is 4.79 Å². The lowest BCUT2D eigenvalue weighted by Crippen LogP contribution is -2.40. The maximum absolute atomic E-state index is 12.6. The largest absolute Gasteiger partial charge is 0.393 e. The average Bonchev–Trinajstić information content (AvgIpc) is 3.15. The van der Waals surface area contributed by atoms with Crippen LogP contribution in [0.25, 0.3) is 0 Å². The van der Waals surface area contributed by atoms with Gasteiger partial charge in [-0.05, 0) is 61.6 Å². The van der Waals surface area contributed by atoms with Crippen LogP contribution in [0.1, 0.15) is 61.3 Å². The zero-order chi connectivity index (χ0) is 16.0. The van der Waals surface area contributed by atoms with E-state index in [2.05, 4.69) is 23.5 Å². The molecule has 4 atom stereocenters. The molecule has 2 amide bonds. The summed E-state index contributed by atoms with van der Waals surface area (Å²) in [5, 5.41) is 13.0. The Morgan fingerprint density at radius 3 is 3.04 bits per heavy atom. The minimum atomic E-state index is -0.332. The van der Waals surface area contributed by atoms with Gasteiger partial charge in [0.15, 0.2) is 0 Å². The summed E-state index contributed by atoms with van der Waals surface area (Å²) in [5.74, 6) is 0.849. The molecule has 0 aromatic heterocycles. The number of hydrogen-bond donors (Lipinski definition) is 2. The first-order chi connectivity index (χ1) is 11.1. The second kappa shape index (κ2) is 5.82. The zero-order valence-corrected chi connectivity index (χ0v) is 13.8. The molecule has 1 heterocycles. The second-order valence-electron chi connectivity index (χ2n) is 7.48. The van der Waals surface area contributed by atoms with Gasteiger partial charge >= 0.3 is 6.03 Å². The third-order valence-electron chi connectivity index (χ3n) is 6.02. The Bertz CT molecular complexity index is 613. The summed E-state index contributed by atoms with van der Waals surface area (Å²) in [6, 6.07) is 6.78. The van der Waals surface area contributed by atoms with Gasteiger partial charge in [-0.25, -0.2) is 4.79 Å². The van der Waals surface area contributed by atoms with Gasteiger partial charge in [0.25, 0.3) is 0 Å². The van der Waals surface area contributed by atoms with Crippen LogP contribution in [0.2, 0.25) is 0 Å². The number of aliphatic hydroxyl groups excluding tert-OH is 1. The lowest BCUT2D eigenvalue weighted by atomic mass is 9.84. The molecule has 1 aromatic carbocycles. The van der Waals surface area contributed by atoms with Crippen molar-refractivity contribution in [2.75, 3.05) is 13.1 Å². The van der Waals surface area contributed by atoms with Crippen LogP contribution in [0.5, 0.6) is 0 Å². The van der Waals surface area contributed by atoms with Gasteiger partial charge < -0.3 is 15.3 Å². The minimum Gasteiger partial charge on any atom is -0.393 e. The maximum Gasteiger partial charge on any atom is 0.317 e. The summed E-state index contributed by atoms with van der Waals surface area (Å²) in [7, 11) is 0. The quantitative estimate of drug-likeness (QED) is 0.882. The predicted octanol–water partition coefficient (Wildman–Crippen LogP) is 2.96. The van der Waals surface area contributed by atoms with E-state index < -0.39 is 0 Å². The molecule has 23 heavy (non-hydrogen) atoms. The van der Waals surface area contributed by atoms with E-state index in [1.165, 1.54) is 36.0 Å². The van der Waals surface area contributed by atoms with Gasteiger partial charge in [0.05, 0.1) is 12.1 Å². The number of carbonyl (C=O) groups excluding carboxylic acids is 1. The van der Waals surface area contributed by atoms with E-state index in [1.54, 1.807) is 0 Å². The molecule has 4 heteroatoms. The van der Waals surface area contributed by atoms with Crippen LogP contribution in [0.15, 0.2) is 18.2 Å². The highest BCUT2D eigenvalue weighted by Crippen LogP contribution is 2.47. The fraction of sp³-hybridized carbons (Fsp3) is 0.632. The maximum atomic E-state index is 12.6. The number of amides is 2. The molecule has 2 N–H and O–H groups in total. The first-order valence-electron chi connectivity index (χ1n) is 8.98. The molecular formula is C19H26N2O2. The number of benzene rings is 1. The van der Waals surface area contributed by atoms with Crippen LogP contribution in [-0.4, -0.2) is 35.2 Å². The third-order valence-corrected chi connectivity index (χ3v) is 6.02. The van der Waals surface area contributed by atoms with Crippen molar-refractivity contribution in [3.05, 3.63) is 34.9 Å². The van der Waals surface area contributed by atoms with Gasteiger partial charge in [-0.1, -0.05) is 18.2 Å². The average molecular weight is 314 g/mol. The van der Waals surface area contributed by atoms with Crippen molar-refractivity contribution in [3.63, 3.8) is 0 Å². The Hall–Kier alpha value is -1.55. The van der Waals surface area contributed by atoms with E-state index in [0.717, 1.165) is 19.4 Å². The highest BCUT2D eigenvalue weighted by atomic mass is 16.3. The van der Waals surface area contributed by atoms with E-state index in [1.807, 2.05) is 11.8 Å². The molecule has 1 fully saturated rings. The Labute approximate surface area is 137 Å². The van der Waals surface area contributed by atoms with Crippen LogP contribution in [-0.2, 0) is 6.42 Å². The van der Waals surface area contributed by atoms with Gasteiger partial charge in [-0.3, -0.25) is 0 Å². The Kier molecular flexibility index (Phi) is 3.80. The monoisotopic (exact) mass is 314 g/mol. The molecule has 0 spiro atoms. The van der Waals surface area contributed by atoms with E-state index in [9.17, 15) is 9.90 Å². The number of carbonyl (C=O) groups is 1. The standard InChI is InChI=1S/C19H26N2O2/c1-12(22)15-8-9-21(11-15)19(23)20-17-10-14-6-2-4-13-5-3-7-16(17)18(13)14/h3,5,7,12,14-15,17,22H,2,4,6,8-11H2,1H3,(H,20,23)/t12-,14-,15+,17+/m0/s1. The van der Waals surface area contributed by atoms with Crippen molar-refractivity contribution < 1.29 is 9.90 Å². The Morgan fingerprint density at radius 1 is 1.39 bits per heavy atom. The molecule has 4 nitrogen and oxygen atoms in total. The molecule has 0 bridgehead atoms. The third kappa shape index (κ3) is 2.63. The summed E-state index contributed by atoms with van der Waals surface area (Å²) < 4.78 is 0. The van der Waals surface area contributed by atoms with E-state index >= 15 is 0 Å². The second-order valence-corrected chi connectivity index (χ2v) is 7.48. The lowest BCUT2D eigenvalue weighted by Gasteiger charge is -2.22. The first kappa shape index (κ1) is 15.0. The van der Waals surface area contributed by atoms with Gasteiger partial charge in [0, 0.05) is 19.0 Å². The van der Waals surface area contributed by atoms with Crippen molar-refractivity contribution in [1.82, 2.24) is 10.2 Å². The predicted molar refractivity (Wildman–Crippen MR) is 89.4 cm³/mol. The number of urea groups is 1. The van der Waals surface area contributed by atoms with E-state index in [-0.39, 0.29) is 24.1 Å². The summed E-state index contributed by atoms with van der Waals surface area (Å²) >= 11 is 0. The molecule has 2 aliphatic carbocycles. The Morgan fingerprint density at radius 2 is 2.26 bits per heavy atom. The molecule has 4 rings (SSSR count). The van der Waals surface area contributed by atoms with Gasteiger partial charge in [-0.15, -0.1) is 0 Å². The number of rotatable bonds is 2. The molecule has 1 saturated heterocycles. The highest BCUT2D eigenvalue weighted by molar-refractivity contribution is 5.75. The minimum absolute atomic E-state index is 0.0365. The van der Waals surface area contributed by atoms with Crippen molar-refractivity contribution >= 4 is 6.03 Å². The zero-order valence-electron chi connectivity index (χ0n) is 13.8. The van der Waals surface area contributed by atoms with Crippen molar-refractivity contribution in [1.29, 1.82) is 0 Å². The van der Waals surface area contributed by atoms with Crippen molar-refractivity contribution in [2.24, 2.45) is 5.92 Å². The molecule has 0 saturated carbocycles. The summed E-state index contributed by atoms with van der Waals surface area (Å²) in [4.78, 5) is 14.5. The highest BCUT2D eigenvalue weighted by Gasteiger charge is 2.37. The van der Waals surface area contributed by atoms with Crippen LogP contribution >= 0.6 is 0 Å². The molecule has 1 aromatic rings. The molecule has 3 aliphatic rings. The SMILES string of the molecule is C[C@H](O)[C@@H]1CCN(C(=O)N[C@@H]2C[C@@H]3CCCc4cccc2c43)C1. The van der Waals surface area contributed by atoms with Crippen LogP contribution < -0.4 is 5.32 Å². The van der Waals surface area contributed by atoms with Crippen molar-refractivity contribution in [2.45, 2.75) is 57.1 Å². The fourth-order valence-electron chi connectivity index (χ4n) is 4.73. The number of nitrogens with zero attached hydrogens (tertiary/aromatic N) is 1. The Balaban J connectivity index is 1.47. The van der Waals surface area contributed by atoms with E-state index in [4.69, 9.17) is 0 Å². The molecule has 1 aliphatic heterocycles. The number of nitrogens with one attached hydrogen (secondary N) is 1. The van der Waals surface area contributed by atoms with Gasteiger partial charge in [0.1, 0.15) is 0 Å². The number of aliphatic hydroxyl groups is 1. The lowest BCUT2D eigenvalue weighted by molar-refractivity contribution is 0.129. The number of hydrogen-bond acceptors (Lipinski definition) is 2. The normalized spacial score (nSPS) is 30.2. The van der Waals surface area contributed by atoms with Crippen LogP contribution in [0, 0.1) is 5.92 Å². The van der Waals surface area contributed by atoms with Gasteiger partial charge in [0.2, 0.25) is 0 Å². The van der Waals surface area contributed by atoms with Gasteiger partial charge in [-0.2, -0.15) is 0 Å². The summed E-state index contributed by atoms with van der Waals surface area (Å²) in [6.07, 6.45) is 5.32. The smallest absolute Gasteiger partial charge is 0.317 e. The summed E-state index contributed by atoms with van der Waals surface area (Å²) in [6.45, 7) is 3.25. The number of likely N-dealkylation sites (tertiary alicyclic amines) is 1. The number of aryl methyl sites for hydroxylation is 1.